The van der Waals surface area contributed by atoms with E-state index in [1.54, 1.807) is 19.9 Å². The number of hydrogen-bond acceptors (Lipinski definition) is 5. The van der Waals surface area contributed by atoms with Gasteiger partial charge in [-0.15, -0.1) is 0 Å². The van der Waals surface area contributed by atoms with Crippen LogP contribution in [-0.2, 0) is 0 Å². The van der Waals surface area contributed by atoms with Crippen LogP contribution >= 0.6 is 23.2 Å². The highest BCUT2D eigenvalue weighted by atomic mass is 35.5. The molecule has 0 saturated carbocycles. The average Bonchev–Trinajstić information content (AvgIpc) is 2.63. The Morgan fingerprint density at radius 3 is 2.64 bits per heavy atom. The number of fused-ring (bicyclic) bond motifs is 1. The van der Waals surface area contributed by atoms with Gasteiger partial charge < -0.3 is 16.2 Å². The summed E-state index contributed by atoms with van der Waals surface area (Å²) in [6, 6.07) is 3.90. The van der Waals surface area contributed by atoms with E-state index in [-0.39, 0.29) is 26.8 Å². The van der Waals surface area contributed by atoms with E-state index < -0.39 is 17.7 Å². The summed E-state index contributed by atoms with van der Waals surface area (Å²) in [6.07, 6.45) is 0.552. The Morgan fingerprint density at radius 1 is 1.36 bits per heavy atom. The second-order valence-electron chi connectivity index (χ2n) is 6.17. The molecule has 2 heterocycles. The third-order valence-electron chi connectivity index (χ3n) is 4.31. The zero-order valence-corrected chi connectivity index (χ0v) is 16.5. The molecule has 0 aliphatic carbocycles. The summed E-state index contributed by atoms with van der Waals surface area (Å²) >= 11 is 12.5. The molecule has 1 aromatic carbocycles. The van der Waals surface area contributed by atoms with Crippen LogP contribution in [-0.4, -0.2) is 25.7 Å². The van der Waals surface area contributed by atoms with E-state index in [0.717, 1.165) is 0 Å². The van der Waals surface area contributed by atoms with E-state index >= 15 is 0 Å². The minimum absolute atomic E-state index is 0.138. The fourth-order valence-electron chi connectivity index (χ4n) is 3.00. The largest absolute Gasteiger partial charge is 0.465 e. The van der Waals surface area contributed by atoms with Crippen molar-refractivity contribution in [2.45, 2.75) is 26.3 Å². The van der Waals surface area contributed by atoms with Crippen molar-refractivity contribution in [1.29, 1.82) is 0 Å². The van der Waals surface area contributed by atoms with Crippen molar-refractivity contribution in [3.8, 4) is 5.69 Å². The summed E-state index contributed by atoms with van der Waals surface area (Å²) in [6.45, 7) is 3.54. The molecule has 0 spiro atoms. The molecule has 0 aliphatic rings. The first-order valence-corrected chi connectivity index (χ1v) is 9.12. The smallest absolute Gasteiger partial charge is 0.405 e. The van der Waals surface area contributed by atoms with Crippen molar-refractivity contribution in [2.24, 2.45) is 0 Å². The van der Waals surface area contributed by atoms with Gasteiger partial charge in [-0.3, -0.25) is 9.36 Å². The molecule has 10 heteroatoms. The third-order valence-corrected chi connectivity index (χ3v) is 4.93. The number of pyridine rings is 1. The monoisotopic (exact) mass is 421 g/mol. The molecule has 1 amide bonds. The fourth-order valence-corrected chi connectivity index (χ4v) is 3.44. The predicted octanol–water partition coefficient (Wildman–Crippen LogP) is 3.70. The van der Waals surface area contributed by atoms with E-state index in [2.05, 4.69) is 15.3 Å². The van der Waals surface area contributed by atoms with Gasteiger partial charge in [0, 0.05) is 0 Å². The Bertz CT molecular complexity index is 1150. The maximum atomic E-state index is 13.4. The molecule has 146 valence electrons. The number of halogens is 2. The van der Waals surface area contributed by atoms with E-state index in [1.165, 1.54) is 22.9 Å². The highest BCUT2D eigenvalue weighted by Crippen LogP contribution is 2.29. The highest BCUT2D eigenvalue weighted by Gasteiger charge is 2.24. The number of aromatic nitrogens is 3. The first kappa shape index (κ1) is 19.9. The summed E-state index contributed by atoms with van der Waals surface area (Å²) in [5.74, 6) is 0.475. The second-order valence-corrected chi connectivity index (χ2v) is 6.98. The Morgan fingerprint density at radius 2 is 2.04 bits per heavy atom. The molecule has 3 aromatic rings. The molecule has 0 fully saturated rings. The topological polar surface area (TPSA) is 123 Å². The number of nitrogens with zero attached hydrogens (tertiary/aromatic N) is 3. The SMILES string of the molecule is CCC(NC(=O)O)c1nc2c(Cl)ccc(Cl)c2c(=O)n1-c1cnc(N)cc1C. The Labute approximate surface area is 169 Å². The molecular weight excluding hydrogens is 405 g/mol. The minimum atomic E-state index is -1.24. The van der Waals surface area contributed by atoms with Gasteiger partial charge in [-0.05, 0) is 37.1 Å². The van der Waals surface area contributed by atoms with Crippen molar-refractivity contribution < 1.29 is 9.90 Å². The van der Waals surface area contributed by atoms with Gasteiger partial charge >= 0.3 is 6.09 Å². The van der Waals surface area contributed by atoms with Crippen LogP contribution in [0.3, 0.4) is 0 Å². The van der Waals surface area contributed by atoms with Gasteiger partial charge in [0.2, 0.25) is 0 Å². The fraction of sp³-hybridized carbons (Fsp3) is 0.222. The zero-order valence-electron chi connectivity index (χ0n) is 15.0. The highest BCUT2D eigenvalue weighted by molar-refractivity contribution is 6.39. The number of nitrogens with one attached hydrogen (secondary N) is 1. The summed E-state index contributed by atoms with van der Waals surface area (Å²) in [5, 5.41) is 12.2. The zero-order chi connectivity index (χ0) is 20.6. The standard InChI is InChI=1S/C18H17Cl2N5O3/c1-3-11(23-18(27)28)16-24-15-10(20)5-4-9(19)14(15)17(26)25(16)12-7-22-13(21)6-8(12)2/h4-7,11,23H,3H2,1-2H3,(H2,21,22)(H,27,28). The van der Waals surface area contributed by atoms with Crippen molar-refractivity contribution >= 4 is 46.0 Å². The lowest BCUT2D eigenvalue weighted by molar-refractivity contribution is 0.188. The van der Waals surface area contributed by atoms with Crippen LogP contribution in [0.4, 0.5) is 10.6 Å². The van der Waals surface area contributed by atoms with Gasteiger partial charge in [-0.25, -0.2) is 14.8 Å². The number of anilines is 1. The van der Waals surface area contributed by atoms with Crippen LogP contribution in [0, 0.1) is 6.92 Å². The molecule has 0 aliphatic heterocycles. The first-order valence-electron chi connectivity index (χ1n) is 8.37. The second kappa shape index (κ2) is 7.65. The Hall–Kier alpha value is -2.84. The summed E-state index contributed by atoms with van der Waals surface area (Å²) in [5.41, 5.74) is 6.54. The lowest BCUT2D eigenvalue weighted by Gasteiger charge is -2.21. The van der Waals surface area contributed by atoms with Gasteiger partial charge in [0.15, 0.2) is 0 Å². The maximum Gasteiger partial charge on any atom is 0.405 e. The Kier molecular flexibility index (Phi) is 5.44. The third kappa shape index (κ3) is 3.48. The van der Waals surface area contributed by atoms with Crippen molar-refractivity contribution in [3.05, 3.63) is 56.2 Å². The molecule has 1 atom stereocenters. The Balaban J connectivity index is 2.47. The van der Waals surface area contributed by atoms with Crippen molar-refractivity contribution in [2.75, 3.05) is 5.73 Å². The summed E-state index contributed by atoms with van der Waals surface area (Å²) in [7, 11) is 0. The number of rotatable bonds is 4. The summed E-state index contributed by atoms with van der Waals surface area (Å²) < 4.78 is 1.30. The molecule has 4 N–H and O–H groups in total. The lowest BCUT2D eigenvalue weighted by atomic mass is 10.1. The molecule has 2 aromatic heterocycles. The number of carboxylic acid groups (broad SMARTS) is 1. The van der Waals surface area contributed by atoms with Gasteiger partial charge in [-0.2, -0.15) is 0 Å². The van der Waals surface area contributed by atoms with E-state index in [9.17, 15) is 14.7 Å². The molecule has 0 bridgehead atoms. The number of carbonyl (C=O) groups is 1. The van der Waals surface area contributed by atoms with E-state index in [1.807, 2.05) is 0 Å². The molecular formula is C18H17Cl2N5O3. The number of nitrogens with two attached hydrogens (primary N) is 1. The average molecular weight is 422 g/mol. The van der Waals surface area contributed by atoms with E-state index in [0.29, 0.717) is 23.5 Å². The molecule has 0 radical (unpaired) electrons. The number of hydrogen-bond donors (Lipinski definition) is 3. The number of aryl methyl sites for hydroxylation is 1. The van der Waals surface area contributed by atoms with E-state index in [4.69, 9.17) is 28.9 Å². The van der Waals surface area contributed by atoms with Crippen LogP contribution in [0.5, 0.6) is 0 Å². The van der Waals surface area contributed by atoms with Crippen LogP contribution in [0.1, 0.15) is 30.8 Å². The minimum Gasteiger partial charge on any atom is -0.465 e. The number of benzene rings is 1. The van der Waals surface area contributed by atoms with Crippen molar-refractivity contribution in [3.63, 3.8) is 0 Å². The van der Waals surface area contributed by atoms with Gasteiger partial charge in [0.25, 0.3) is 5.56 Å². The van der Waals surface area contributed by atoms with Crippen LogP contribution < -0.4 is 16.6 Å². The van der Waals surface area contributed by atoms with Crippen molar-refractivity contribution in [1.82, 2.24) is 19.9 Å². The molecule has 1 unspecified atom stereocenters. The summed E-state index contributed by atoms with van der Waals surface area (Å²) in [4.78, 5) is 33.3. The maximum absolute atomic E-state index is 13.4. The molecule has 28 heavy (non-hydrogen) atoms. The van der Waals surface area contributed by atoms with Gasteiger partial charge in [-0.1, -0.05) is 30.1 Å². The molecule has 0 saturated heterocycles. The number of nitrogen functional groups attached to an aromatic ring is 1. The van der Waals surface area contributed by atoms with Gasteiger partial charge in [0.05, 0.1) is 38.9 Å². The van der Waals surface area contributed by atoms with Gasteiger partial charge in [0.1, 0.15) is 11.6 Å². The lowest BCUT2D eigenvalue weighted by Crippen LogP contribution is -2.34. The molecule has 8 nitrogen and oxygen atoms in total. The van der Waals surface area contributed by atoms with Crippen LogP contribution in [0.15, 0.2) is 29.2 Å². The predicted molar refractivity (Wildman–Crippen MR) is 108 cm³/mol. The normalized spacial score (nSPS) is 12.1. The molecule has 3 rings (SSSR count). The number of amides is 1. The first-order chi connectivity index (χ1) is 13.2. The van der Waals surface area contributed by atoms with Crippen LogP contribution in [0.2, 0.25) is 10.0 Å². The van der Waals surface area contributed by atoms with Crippen LogP contribution in [0.25, 0.3) is 16.6 Å². The quantitative estimate of drug-likeness (QED) is 0.589.